The molecule has 33 heavy (non-hydrogen) atoms. The summed E-state index contributed by atoms with van der Waals surface area (Å²) in [5.74, 6) is 2.67. The highest BCUT2D eigenvalue weighted by molar-refractivity contribution is 6.33. The highest BCUT2D eigenvalue weighted by Gasteiger charge is 2.32. The van der Waals surface area contributed by atoms with E-state index in [4.69, 9.17) is 11.6 Å². The average Bonchev–Trinajstić information content (AvgIpc) is 3.30. The SMILES string of the molecule is Cc1nccn1-c1ccc(N2CCCC(C(=O)N3CCN(c4ccccc4Cl)CC3)C2)nn1. The lowest BCUT2D eigenvalue weighted by Gasteiger charge is -2.40. The molecule has 3 aromatic rings. The number of aryl methyl sites for hydroxylation is 1. The highest BCUT2D eigenvalue weighted by Crippen LogP contribution is 2.27. The quantitative estimate of drug-likeness (QED) is 0.589. The fourth-order valence-corrected chi connectivity index (χ4v) is 5.01. The molecular weight excluding hydrogens is 438 g/mol. The Labute approximate surface area is 198 Å². The lowest BCUT2D eigenvalue weighted by molar-refractivity contribution is -0.136. The number of hydrogen-bond acceptors (Lipinski definition) is 6. The third-order valence-corrected chi connectivity index (χ3v) is 6.91. The summed E-state index contributed by atoms with van der Waals surface area (Å²) in [4.78, 5) is 24.0. The van der Waals surface area contributed by atoms with Crippen LogP contribution in [-0.4, -0.2) is 69.8 Å². The van der Waals surface area contributed by atoms with E-state index in [2.05, 4.69) is 25.0 Å². The van der Waals surface area contributed by atoms with Gasteiger partial charge in [-0.05, 0) is 44.0 Å². The molecule has 2 aliphatic heterocycles. The van der Waals surface area contributed by atoms with Crippen molar-refractivity contribution in [3.05, 3.63) is 59.6 Å². The van der Waals surface area contributed by atoms with Gasteiger partial charge in [0, 0.05) is 51.7 Å². The average molecular weight is 466 g/mol. The van der Waals surface area contributed by atoms with Gasteiger partial charge in [-0.2, -0.15) is 0 Å². The van der Waals surface area contributed by atoms with E-state index in [1.165, 1.54) is 0 Å². The summed E-state index contributed by atoms with van der Waals surface area (Å²) in [6.07, 6.45) is 5.51. The van der Waals surface area contributed by atoms with Gasteiger partial charge in [0.15, 0.2) is 11.6 Å². The molecule has 2 saturated heterocycles. The van der Waals surface area contributed by atoms with Gasteiger partial charge < -0.3 is 14.7 Å². The Kier molecular flexibility index (Phi) is 6.17. The van der Waals surface area contributed by atoms with Gasteiger partial charge in [-0.3, -0.25) is 9.36 Å². The number of piperidine rings is 1. The molecule has 1 aromatic carbocycles. The molecule has 1 amide bonds. The number of para-hydroxylation sites is 1. The molecule has 0 N–H and O–H groups in total. The minimum atomic E-state index is -0.0111. The van der Waals surface area contributed by atoms with Crippen molar-refractivity contribution >= 4 is 29.0 Å². The molecule has 2 fully saturated rings. The number of piperazine rings is 1. The van der Waals surface area contributed by atoms with E-state index < -0.39 is 0 Å². The summed E-state index contributed by atoms with van der Waals surface area (Å²) in [6, 6.07) is 11.8. The molecule has 0 saturated carbocycles. The first-order valence-electron chi connectivity index (χ1n) is 11.5. The van der Waals surface area contributed by atoms with Crippen molar-refractivity contribution in [2.24, 2.45) is 5.92 Å². The molecule has 8 nitrogen and oxygen atoms in total. The number of halogens is 1. The predicted molar refractivity (Wildman–Crippen MR) is 129 cm³/mol. The topological polar surface area (TPSA) is 70.4 Å². The first kappa shape index (κ1) is 21.7. The Morgan fingerprint density at radius 1 is 0.970 bits per heavy atom. The van der Waals surface area contributed by atoms with Crippen molar-refractivity contribution in [1.82, 2.24) is 24.6 Å². The molecule has 172 valence electrons. The predicted octanol–water partition coefficient (Wildman–Crippen LogP) is 3.19. The molecule has 9 heteroatoms. The molecule has 1 atom stereocenters. The second kappa shape index (κ2) is 9.39. The van der Waals surface area contributed by atoms with Gasteiger partial charge in [0.1, 0.15) is 5.82 Å². The summed E-state index contributed by atoms with van der Waals surface area (Å²) in [6.45, 7) is 6.55. The van der Waals surface area contributed by atoms with Gasteiger partial charge >= 0.3 is 0 Å². The summed E-state index contributed by atoms with van der Waals surface area (Å²) >= 11 is 6.36. The van der Waals surface area contributed by atoms with Crippen LogP contribution in [0.4, 0.5) is 11.5 Å². The van der Waals surface area contributed by atoms with Gasteiger partial charge in [-0.25, -0.2) is 4.98 Å². The molecule has 4 heterocycles. The van der Waals surface area contributed by atoms with Gasteiger partial charge in [0.25, 0.3) is 0 Å². The molecule has 0 radical (unpaired) electrons. The van der Waals surface area contributed by atoms with Crippen molar-refractivity contribution in [2.45, 2.75) is 19.8 Å². The molecule has 2 aromatic heterocycles. The van der Waals surface area contributed by atoms with Crippen molar-refractivity contribution in [3.63, 3.8) is 0 Å². The van der Waals surface area contributed by atoms with Crippen molar-refractivity contribution in [1.29, 1.82) is 0 Å². The van der Waals surface area contributed by atoms with Crippen LogP contribution in [0.2, 0.25) is 5.02 Å². The highest BCUT2D eigenvalue weighted by atomic mass is 35.5. The number of carbonyl (C=O) groups is 1. The fraction of sp³-hybridized carbons (Fsp3) is 0.417. The van der Waals surface area contributed by atoms with Crippen LogP contribution in [0.15, 0.2) is 48.8 Å². The number of imidazole rings is 1. The van der Waals surface area contributed by atoms with E-state index in [0.717, 1.165) is 73.7 Å². The smallest absolute Gasteiger partial charge is 0.227 e. The Bertz CT molecular complexity index is 1110. The van der Waals surface area contributed by atoms with Crippen LogP contribution in [0, 0.1) is 12.8 Å². The number of nitrogens with zero attached hydrogens (tertiary/aromatic N) is 7. The van der Waals surface area contributed by atoms with Gasteiger partial charge in [-0.15, -0.1) is 10.2 Å². The Morgan fingerprint density at radius 3 is 2.42 bits per heavy atom. The number of hydrogen-bond donors (Lipinski definition) is 0. The van der Waals surface area contributed by atoms with Gasteiger partial charge in [0.2, 0.25) is 5.91 Å². The first-order valence-corrected chi connectivity index (χ1v) is 11.9. The Hall–Kier alpha value is -3.13. The van der Waals surface area contributed by atoms with E-state index in [1.54, 1.807) is 6.20 Å². The Balaban J connectivity index is 1.20. The van der Waals surface area contributed by atoms with Gasteiger partial charge in [-0.1, -0.05) is 23.7 Å². The van der Waals surface area contributed by atoms with Crippen LogP contribution in [0.3, 0.4) is 0 Å². The third kappa shape index (κ3) is 4.53. The van der Waals surface area contributed by atoms with Crippen LogP contribution >= 0.6 is 11.6 Å². The van der Waals surface area contributed by atoms with Crippen LogP contribution in [0.5, 0.6) is 0 Å². The molecule has 0 spiro atoms. The van der Waals surface area contributed by atoms with Gasteiger partial charge in [0.05, 0.1) is 16.6 Å². The first-order chi connectivity index (χ1) is 16.1. The molecule has 2 aliphatic rings. The normalized spacial score (nSPS) is 19.1. The summed E-state index contributed by atoms with van der Waals surface area (Å²) in [7, 11) is 0. The minimum absolute atomic E-state index is 0.0111. The van der Waals surface area contributed by atoms with Crippen molar-refractivity contribution in [2.75, 3.05) is 49.1 Å². The maximum absolute atomic E-state index is 13.3. The molecule has 1 unspecified atom stereocenters. The number of amides is 1. The van der Waals surface area contributed by atoms with E-state index in [9.17, 15) is 4.79 Å². The lowest BCUT2D eigenvalue weighted by Crippen LogP contribution is -2.52. The fourth-order valence-electron chi connectivity index (χ4n) is 4.76. The summed E-state index contributed by atoms with van der Waals surface area (Å²) in [5.41, 5.74) is 1.04. The van der Waals surface area contributed by atoms with E-state index in [0.29, 0.717) is 6.54 Å². The lowest BCUT2D eigenvalue weighted by atomic mass is 9.96. The van der Waals surface area contributed by atoms with E-state index in [-0.39, 0.29) is 11.8 Å². The summed E-state index contributed by atoms with van der Waals surface area (Å²) in [5, 5.41) is 9.58. The Morgan fingerprint density at radius 2 is 1.73 bits per heavy atom. The second-order valence-corrected chi connectivity index (χ2v) is 9.05. The maximum Gasteiger partial charge on any atom is 0.227 e. The zero-order valence-electron chi connectivity index (χ0n) is 18.8. The van der Waals surface area contributed by atoms with Crippen LogP contribution < -0.4 is 9.80 Å². The molecule has 0 aliphatic carbocycles. The van der Waals surface area contributed by atoms with Crippen LogP contribution in [0.25, 0.3) is 5.82 Å². The second-order valence-electron chi connectivity index (χ2n) is 8.64. The molecular formula is C24H28ClN7O. The monoisotopic (exact) mass is 465 g/mol. The minimum Gasteiger partial charge on any atom is -0.367 e. The van der Waals surface area contributed by atoms with E-state index in [1.807, 2.05) is 59.0 Å². The summed E-state index contributed by atoms with van der Waals surface area (Å²) < 4.78 is 1.90. The molecule has 5 rings (SSSR count). The number of anilines is 2. The zero-order valence-corrected chi connectivity index (χ0v) is 19.5. The van der Waals surface area contributed by atoms with Crippen molar-refractivity contribution < 1.29 is 4.79 Å². The number of rotatable bonds is 4. The van der Waals surface area contributed by atoms with Crippen molar-refractivity contribution in [3.8, 4) is 5.82 Å². The molecule has 0 bridgehead atoms. The number of carbonyl (C=O) groups excluding carboxylic acids is 1. The largest absolute Gasteiger partial charge is 0.367 e. The number of benzene rings is 1. The standard InChI is InChI=1S/C24H28ClN7O/c1-18-26-10-12-32(18)23-9-8-22(27-28-23)31-11-4-5-19(17-31)24(33)30-15-13-29(14-16-30)21-7-3-2-6-20(21)25/h2-3,6-10,12,19H,4-5,11,13-17H2,1H3. The maximum atomic E-state index is 13.3. The van der Waals surface area contributed by atoms with Crippen LogP contribution in [-0.2, 0) is 4.79 Å². The number of aromatic nitrogens is 4. The zero-order chi connectivity index (χ0) is 22.8. The van der Waals surface area contributed by atoms with E-state index >= 15 is 0 Å². The third-order valence-electron chi connectivity index (χ3n) is 6.59. The van der Waals surface area contributed by atoms with Crippen LogP contribution in [0.1, 0.15) is 18.7 Å².